The molecule has 13 heavy (non-hydrogen) atoms. The van der Waals surface area contributed by atoms with Crippen molar-refractivity contribution in [3.05, 3.63) is 0 Å². The van der Waals surface area contributed by atoms with Crippen LogP contribution in [-0.4, -0.2) is 24.7 Å². The number of hydrogen-bond acceptors (Lipinski definition) is 3. The second-order valence-electron chi connectivity index (χ2n) is 3.55. The zero-order chi connectivity index (χ0) is 10.5. The minimum atomic E-state index is -0.591. The second kappa shape index (κ2) is 5.07. The summed E-state index contributed by atoms with van der Waals surface area (Å²) >= 11 is 5.64. The summed E-state index contributed by atoms with van der Waals surface area (Å²) in [6.07, 6.45) is -0.591. The standard InChI is InChI=1S/C8H15ClN2O2/c1-8(2,3)6(5-9)11-13-7(12)10-4/h5H2,1-4H3,(H,10,12). The highest BCUT2D eigenvalue weighted by atomic mass is 35.5. The van der Waals surface area contributed by atoms with Gasteiger partial charge in [0, 0.05) is 12.5 Å². The first-order valence-electron chi connectivity index (χ1n) is 3.94. The van der Waals surface area contributed by atoms with Crippen LogP contribution in [0.4, 0.5) is 4.79 Å². The van der Waals surface area contributed by atoms with Crippen molar-refractivity contribution in [1.82, 2.24) is 5.32 Å². The summed E-state index contributed by atoms with van der Waals surface area (Å²) in [5.41, 5.74) is 0.452. The molecule has 0 spiro atoms. The highest BCUT2D eigenvalue weighted by molar-refractivity contribution is 6.29. The van der Waals surface area contributed by atoms with Crippen LogP contribution < -0.4 is 5.32 Å². The van der Waals surface area contributed by atoms with Crippen LogP contribution in [0.15, 0.2) is 5.16 Å². The Morgan fingerprint density at radius 2 is 2.08 bits per heavy atom. The average molecular weight is 207 g/mol. The van der Waals surface area contributed by atoms with Crippen molar-refractivity contribution in [2.75, 3.05) is 12.9 Å². The summed E-state index contributed by atoms with van der Waals surface area (Å²) in [5.74, 6) is 0.250. The molecule has 0 aromatic rings. The lowest BCUT2D eigenvalue weighted by molar-refractivity contribution is 0.152. The number of nitrogens with zero attached hydrogens (tertiary/aromatic N) is 1. The lowest BCUT2D eigenvalue weighted by atomic mass is 9.91. The number of rotatable bonds is 2. The number of oxime groups is 1. The van der Waals surface area contributed by atoms with Gasteiger partial charge in [-0.05, 0) is 0 Å². The van der Waals surface area contributed by atoms with Crippen molar-refractivity contribution < 1.29 is 9.63 Å². The van der Waals surface area contributed by atoms with Gasteiger partial charge in [0.05, 0.1) is 11.6 Å². The van der Waals surface area contributed by atoms with E-state index in [1.54, 1.807) is 0 Å². The predicted octanol–water partition coefficient (Wildman–Crippen LogP) is 1.98. The monoisotopic (exact) mass is 206 g/mol. The van der Waals surface area contributed by atoms with E-state index in [2.05, 4.69) is 15.3 Å². The lowest BCUT2D eigenvalue weighted by Crippen LogP contribution is -2.24. The molecule has 0 fully saturated rings. The molecule has 0 unspecified atom stereocenters. The van der Waals surface area contributed by atoms with Crippen LogP contribution >= 0.6 is 11.6 Å². The molecule has 0 aromatic heterocycles. The van der Waals surface area contributed by atoms with Gasteiger partial charge in [-0.3, -0.25) is 4.84 Å². The quantitative estimate of drug-likeness (QED) is 0.325. The normalized spacial score (nSPS) is 12.5. The molecule has 0 atom stereocenters. The maximum atomic E-state index is 10.7. The second-order valence-corrected chi connectivity index (χ2v) is 3.82. The van der Waals surface area contributed by atoms with Gasteiger partial charge in [-0.25, -0.2) is 4.79 Å². The molecule has 1 N–H and O–H groups in total. The molecule has 0 rings (SSSR count). The molecule has 0 radical (unpaired) electrons. The number of hydrogen-bond donors (Lipinski definition) is 1. The smallest absolute Gasteiger partial charge is 0.323 e. The Bertz CT molecular complexity index is 209. The van der Waals surface area contributed by atoms with Gasteiger partial charge in [-0.2, -0.15) is 0 Å². The van der Waals surface area contributed by atoms with Gasteiger partial charge in [0.15, 0.2) is 0 Å². The first-order chi connectivity index (χ1) is 5.91. The summed E-state index contributed by atoms with van der Waals surface area (Å²) in [7, 11) is 1.47. The van der Waals surface area contributed by atoms with E-state index < -0.39 is 6.09 Å². The minimum absolute atomic E-state index is 0.185. The Labute approximate surface area is 83.3 Å². The molecule has 0 aliphatic carbocycles. The molecule has 76 valence electrons. The van der Waals surface area contributed by atoms with Gasteiger partial charge in [0.2, 0.25) is 0 Å². The van der Waals surface area contributed by atoms with Gasteiger partial charge in [0.1, 0.15) is 0 Å². The summed E-state index contributed by atoms with van der Waals surface area (Å²) in [6.45, 7) is 5.84. The molecule has 0 aliphatic rings. The van der Waals surface area contributed by atoms with Crippen molar-refractivity contribution in [3.8, 4) is 0 Å². The third kappa shape index (κ3) is 4.72. The number of amides is 1. The Hall–Kier alpha value is -0.770. The molecule has 0 heterocycles. The summed E-state index contributed by atoms with van der Waals surface area (Å²) in [5, 5.41) is 5.94. The van der Waals surface area contributed by atoms with Crippen LogP contribution in [0.1, 0.15) is 20.8 Å². The van der Waals surface area contributed by atoms with E-state index >= 15 is 0 Å². The van der Waals surface area contributed by atoms with E-state index in [4.69, 9.17) is 11.6 Å². The van der Waals surface area contributed by atoms with Crippen molar-refractivity contribution in [3.63, 3.8) is 0 Å². The molecule has 0 aliphatic heterocycles. The van der Waals surface area contributed by atoms with E-state index in [0.717, 1.165) is 0 Å². The van der Waals surface area contributed by atoms with Gasteiger partial charge < -0.3 is 5.32 Å². The van der Waals surface area contributed by atoms with Crippen LogP contribution in [0.5, 0.6) is 0 Å². The fourth-order valence-corrected chi connectivity index (χ4v) is 0.954. The van der Waals surface area contributed by atoms with E-state index in [0.29, 0.717) is 5.71 Å². The number of carbonyl (C=O) groups excluding carboxylic acids is 1. The highest BCUT2D eigenvalue weighted by Crippen LogP contribution is 2.17. The first kappa shape index (κ1) is 12.2. The van der Waals surface area contributed by atoms with Crippen LogP contribution in [0.3, 0.4) is 0 Å². The van der Waals surface area contributed by atoms with Gasteiger partial charge in [-0.1, -0.05) is 25.9 Å². The third-order valence-electron chi connectivity index (χ3n) is 1.44. The predicted molar refractivity (Wildman–Crippen MR) is 53.2 cm³/mol. The van der Waals surface area contributed by atoms with Crippen LogP contribution in [-0.2, 0) is 4.84 Å². The van der Waals surface area contributed by atoms with Gasteiger partial charge in [0.25, 0.3) is 0 Å². The summed E-state index contributed by atoms with van der Waals surface area (Å²) < 4.78 is 0. The minimum Gasteiger partial charge on any atom is -0.323 e. The summed E-state index contributed by atoms with van der Waals surface area (Å²) in [4.78, 5) is 15.2. The molecule has 4 nitrogen and oxygen atoms in total. The SMILES string of the molecule is CNC(=O)ON=C(CCl)C(C)(C)C. The topological polar surface area (TPSA) is 50.7 Å². The van der Waals surface area contributed by atoms with Crippen LogP contribution in [0, 0.1) is 5.41 Å². The van der Waals surface area contributed by atoms with Crippen molar-refractivity contribution in [1.29, 1.82) is 0 Å². The fraction of sp³-hybridized carbons (Fsp3) is 0.750. The number of carbonyl (C=O) groups is 1. The van der Waals surface area contributed by atoms with Gasteiger partial charge >= 0.3 is 6.09 Å². The number of alkyl halides is 1. The number of nitrogens with one attached hydrogen (secondary N) is 1. The lowest BCUT2D eigenvalue weighted by Gasteiger charge is -2.18. The van der Waals surface area contributed by atoms with Crippen LogP contribution in [0.2, 0.25) is 0 Å². The molecule has 0 saturated heterocycles. The largest absolute Gasteiger partial charge is 0.433 e. The molecule has 0 saturated carbocycles. The van der Waals surface area contributed by atoms with E-state index in [1.807, 2.05) is 20.8 Å². The third-order valence-corrected chi connectivity index (χ3v) is 1.69. The average Bonchev–Trinajstić information content (AvgIpc) is 2.02. The van der Waals surface area contributed by atoms with Gasteiger partial charge in [-0.15, -0.1) is 11.6 Å². The fourth-order valence-electron chi connectivity index (χ4n) is 0.504. The first-order valence-corrected chi connectivity index (χ1v) is 4.47. The summed E-state index contributed by atoms with van der Waals surface area (Å²) in [6, 6.07) is 0. The Morgan fingerprint density at radius 3 is 2.38 bits per heavy atom. The Balaban J connectivity index is 4.33. The highest BCUT2D eigenvalue weighted by Gasteiger charge is 2.19. The zero-order valence-corrected chi connectivity index (χ0v) is 9.10. The Morgan fingerprint density at radius 1 is 1.54 bits per heavy atom. The van der Waals surface area contributed by atoms with E-state index in [1.165, 1.54) is 7.05 Å². The van der Waals surface area contributed by atoms with Crippen LogP contribution in [0.25, 0.3) is 0 Å². The molecule has 0 aromatic carbocycles. The van der Waals surface area contributed by atoms with Crippen molar-refractivity contribution >= 4 is 23.4 Å². The molecule has 1 amide bonds. The number of halogens is 1. The Kier molecular flexibility index (Phi) is 4.77. The molecule has 0 bridgehead atoms. The van der Waals surface area contributed by atoms with Crippen molar-refractivity contribution in [2.45, 2.75) is 20.8 Å². The molecular formula is C8H15ClN2O2. The molecular weight excluding hydrogens is 192 g/mol. The zero-order valence-electron chi connectivity index (χ0n) is 8.35. The maximum Gasteiger partial charge on any atom is 0.433 e. The maximum absolute atomic E-state index is 10.7. The molecule has 5 heteroatoms. The van der Waals surface area contributed by atoms with Crippen molar-refractivity contribution in [2.24, 2.45) is 10.6 Å². The van der Waals surface area contributed by atoms with E-state index in [-0.39, 0.29) is 11.3 Å². The van der Waals surface area contributed by atoms with E-state index in [9.17, 15) is 4.79 Å².